The fourth-order valence-electron chi connectivity index (χ4n) is 5.25. The highest BCUT2D eigenvalue weighted by Gasteiger charge is 2.59. The van der Waals surface area contributed by atoms with E-state index in [4.69, 9.17) is 23.4 Å². The van der Waals surface area contributed by atoms with Crippen molar-refractivity contribution in [2.24, 2.45) is 0 Å². The number of esters is 1. The Kier molecular flexibility index (Phi) is 9.73. The quantitative estimate of drug-likeness (QED) is 0.0606. The van der Waals surface area contributed by atoms with Crippen molar-refractivity contribution in [1.29, 1.82) is 0 Å². The number of phenols is 3. The second-order valence-electron chi connectivity index (χ2n) is 11.2. The van der Waals surface area contributed by atoms with E-state index < -0.39 is 101 Å². The van der Waals surface area contributed by atoms with E-state index in [0.717, 1.165) is 24.3 Å². The summed E-state index contributed by atoms with van der Waals surface area (Å²) in [6, 6.07) is 5.29. The third-order valence-electron chi connectivity index (χ3n) is 7.82. The van der Waals surface area contributed by atoms with Crippen molar-refractivity contribution >= 4 is 22.9 Å². The van der Waals surface area contributed by atoms with Crippen LogP contribution in [0.1, 0.15) is 5.56 Å². The zero-order valence-electron chi connectivity index (χ0n) is 24.6. The van der Waals surface area contributed by atoms with Crippen LogP contribution in [0.4, 0.5) is 0 Å². The molecule has 12 N–H and O–H groups in total. The number of aliphatic hydroxyl groups is 8. The molecule has 9 atom stereocenters. The third-order valence-corrected chi connectivity index (χ3v) is 7.82. The van der Waals surface area contributed by atoms with Gasteiger partial charge in [-0.25, -0.2) is 9.59 Å². The maximum absolute atomic E-state index is 12.9. The summed E-state index contributed by atoms with van der Waals surface area (Å²) >= 11 is 0. The number of carbonyl (C=O) groups is 2. The van der Waals surface area contributed by atoms with E-state index in [0.29, 0.717) is 0 Å². The van der Waals surface area contributed by atoms with Gasteiger partial charge in [-0.15, -0.1) is 0 Å². The molecule has 2 aliphatic heterocycles. The van der Waals surface area contributed by atoms with Crippen molar-refractivity contribution < 1.29 is 94.2 Å². The second-order valence-corrected chi connectivity index (χ2v) is 11.2. The first-order chi connectivity index (χ1) is 23.0. The first-order valence-corrected chi connectivity index (χ1v) is 14.2. The Morgan fingerprint density at radius 3 is 2.18 bits per heavy atom. The smallest absolute Gasteiger partial charge is 0.340 e. The molecule has 2 saturated heterocycles. The van der Waals surface area contributed by atoms with E-state index in [1.165, 1.54) is 6.07 Å². The van der Waals surface area contributed by atoms with Crippen LogP contribution in [0, 0.1) is 0 Å². The number of hydrogen-bond acceptors (Lipinski definition) is 19. The summed E-state index contributed by atoms with van der Waals surface area (Å²) in [6.45, 7) is -0.384. The number of carboxylic acids is 1. The van der Waals surface area contributed by atoms with Gasteiger partial charge in [0.15, 0.2) is 23.0 Å². The van der Waals surface area contributed by atoms with Gasteiger partial charge >= 0.3 is 11.9 Å². The molecular formula is C29H30O20. The molecule has 20 heteroatoms. The van der Waals surface area contributed by atoms with Crippen LogP contribution in [0.15, 0.2) is 39.5 Å². The van der Waals surface area contributed by atoms with Gasteiger partial charge in [0.05, 0.1) is 0 Å². The van der Waals surface area contributed by atoms with E-state index in [1.807, 2.05) is 0 Å². The van der Waals surface area contributed by atoms with Gasteiger partial charge in [0, 0.05) is 35.9 Å². The van der Waals surface area contributed by atoms with Crippen LogP contribution in [0.5, 0.6) is 23.0 Å². The topological polar surface area (TPSA) is 344 Å². The molecule has 2 aliphatic rings. The molecule has 20 nitrogen and oxygen atoms in total. The predicted octanol–water partition coefficient (Wildman–Crippen LogP) is -3.95. The highest BCUT2D eigenvalue weighted by molar-refractivity contribution is 5.86. The molecule has 0 spiro atoms. The average Bonchev–Trinajstić information content (AvgIpc) is 3.03. The molecule has 0 amide bonds. The summed E-state index contributed by atoms with van der Waals surface area (Å²) in [5, 5.41) is 120. The molecule has 0 saturated carbocycles. The van der Waals surface area contributed by atoms with Crippen molar-refractivity contribution in [3.63, 3.8) is 0 Å². The number of carboxylic acid groups (broad SMARTS) is 1. The number of ether oxygens (including phenoxy) is 4. The lowest BCUT2D eigenvalue weighted by Gasteiger charge is -2.43. The molecular weight excluding hydrogens is 668 g/mol. The SMILES string of the molecule is O=C(O[C@@H]1O[C@H](C(=O)O)C(O)(O)[C@H](O)[C@H]1O)[C@H]1O[C@@H](Oc2cc(O)c3c(=O)cc(-c4cc(O)c(O)c(CCO)c4)oc3c2)[C@H](O)[C@@H](O)[C@@H]1O. The third kappa shape index (κ3) is 6.57. The van der Waals surface area contributed by atoms with E-state index in [1.54, 1.807) is 0 Å². The highest BCUT2D eigenvalue weighted by Crippen LogP contribution is 2.38. The number of aromatic hydroxyl groups is 3. The summed E-state index contributed by atoms with van der Waals surface area (Å²) < 4.78 is 26.0. The van der Waals surface area contributed by atoms with Gasteiger partial charge < -0.3 is 84.6 Å². The second kappa shape index (κ2) is 13.4. The minimum absolute atomic E-state index is 0.0618. The Balaban J connectivity index is 1.41. The van der Waals surface area contributed by atoms with E-state index in [-0.39, 0.29) is 40.9 Å². The zero-order valence-corrected chi connectivity index (χ0v) is 24.6. The molecule has 0 unspecified atom stereocenters. The van der Waals surface area contributed by atoms with Crippen LogP contribution in [0.3, 0.4) is 0 Å². The normalized spacial score (nSPS) is 29.8. The maximum Gasteiger partial charge on any atom is 0.340 e. The Labute approximate surface area is 272 Å². The minimum atomic E-state index is -3.52. The van der Waals surface area contributed by atoms with Crippen molar-refractivity contribution in [1.82, 2.24) is 0 Å². The monoisotopic (exact) mass is 698 g/mol. The van der Waals surface area contributed by atoms with Gasteiger partial charge in [0.2, 0.25) is 24.5 Å². The number of fused-ring (bicyclic) bond motifs is 1. The predicted molar refractivity (Wildman–Crippen MR) is 153 cm³/mol. The summed E-state index contributed by atoms with van der Waals surface area (Å²) in [5.74, 6) is -9.59. The van der Waals surface area contributed by atoms with Crippen LogP contribution in [-0.4, -0.2) is 141 Å². The number of hydrogen-bond donors (Lipinski definition) is 12. The van der Waals surface area contributed by atoms with Gasteiger partial charge in [-0.2, -0.15) is 0 Å². The van der Waals surface area contributed by atoms with Crippen LogP contribution in [0.25, 0.3) is 22.3 Å². The largest absolute Gasteiger partial charge is 0.507 e. The van der Waals surface area contributed by atoms with E-state index >= 15 is 0 Å². The van der Waals surface area contributed by atoms with Gasteiger partial charge in [-0.1, -0.05) is 0 Å². The number of phenolic OH excluding ortho intramolecular Hbond substituents is 3. The van der Waals surface area contributed by atoms with Crippen LogP contribution >= 0.6 is 0 Å². The van der Waals surface area contributed by atoms with Crippen molar-refractivity contribution in [2.45, 2.75) is 67.5 Å². The molecule has 0 radical (unpaired) electrons. The minimum Gasteiger partial charge on any atom is -0.507 e. The Morgan fingerprint density at radius 2 is 1.53 bits per heavy atom. The molecule has 266 valence electrons. The number of benzene rings is 2. The molecule has 0 aliphatic carbocycles. The molecule has 3 heterocycles. The Morgan fingerprint density at radius 1 is 0.837 bits per heavy atom. The van der Waals surface area contributed by atoms with E-state index in [9.17, 15) is 75.7 Å². The lowest BCUT2D eigenvalue weighted by Crippen LogP contribution is -2.69. The molecule has 2 aromatic carbocycles. The fourth-order valence-corrected chi connectivity index (χ4v) is 5.25. The fraction of sp³-hybridized carbons (Fsp3) is 0.414. The average molecular weight is 699 g/mol. The van der Waals surface area contributed by atoms with Gasteiger partial charge in [-0.05, 0) is 18.6 Å². The summed E-state index contributed by atoms with van der Waals surface area (Å²) in [4.78, 5) is 37.2. The van der Waals surface area contributed by atoms with Crippen LogP contribution in [0.2, 0.25) is 0 Å². The lowest BCUT2D eigenvalue weighted by atomic mass is 9.95. The van der Waals surface area contributed by atoms with Crippen LogP contribution in [-0.2, 0) is 30.2 Å². The van der Waals surface area contributed by atoms with Gasteiger partial charge in [-0.3, -0.25) is 4.79 Å². The van der Waals surface area contributed by atoms with Gasteiger partial charge in [0.25, 0.3) is 0 Å². The van der Waals surface area contributed by atoms with Crippen LogP contribution < -0.4 is 10.2 Å². The van der Waals surface area contributed by atoms with Crippen molar-refractivity contribution in [2.75, 3.05) is 6.61 Å². The molecule has 0 bridgehead atoms. The Hall–Kier alpha value is -4.61. The molecule has 1 aromatic heterocycles. The van der Waals surface area contributed by atoms with Crippen molar-refractivity contribution in [3.8, 4) is 34.3 Å². The lowest BCUT2D eigenvalue weighted by molar-refractivity contribution is -0.372. The Bertz CT molecular complexity index is 1800. The molecule has 49 heavy (non-hydrogen) atoms. The highest BCUT2D eigenvalue weighted by atomic mass is 16.8. The maximum atomic E-state index is 12.9. The number of carbonyl (C=O) groups excluding carboxylic acids is 1. The van der Waals surface area contributed by atoms with E-state index in [2.05, 4.69) is 0 Å². The first kappa shape index (κ1) is 35.7. The molecule has 2 fully saturated rings. The van der Waals surface area contributed by atoms with Gasteiger partial charge in [0.1, 0.15) is 58.7 Å². The standard InChI is InChI=1S/C29H30O20/c30-2-1-8-3-9(4-13(33)17(8)34)14-7-12(32)16-11(31)5-10(6-15(16)46-14)45-27-20(37)18(35)19(36)22(47-27)26(42)49-28-21(38)23(39)29(43,44)24(48-28)25(40)41/h3-7,18-24,27-28,30-31,33-39,43-44H,1-2H2,(H,40,41)/t18-,19-,20+,21+,22-,23+,24+,27+,28-/m0/s1. The number of rotatable bonds is 8. The summed E-state index contributed by atoms with van der Waals surface area (Å²) in [7, 11) is 0. The summed E-state index contributed by atoms with van der Waals surface area (Å²) in [5.41, 5.74) is -0.885. The first-order valence-electron chi connectivity index (χ1n) is 14.2. The number of aliphatic carboxylic acids is 1. The molecule has 5 rings (SSSR count). The summed E-state index contributed by atoms with van der Waals surface area (Å²) in [6.07, 6.45) is -21.0. The van der Waals surface area contributed by atoms with Crippen molar-refractivity contribution in [3.05, 3.63) is 46.1 Å². The zero-order chi connectivity index (χ0) is 36.1. The number of aliphatic hydroxyl groups excluding tert-OH is 6. The molecule has 3 aromatic rings.